The van der Waals surface area contributed by atoms with Gasteiger partial charge in [0.2, 0.25) is 0 Å². The predicted molar refractivity (Wildman–Crippen MR) is 219 cm³/mol. The second kappa shape index (κ2) is 13.8. The van der Waals surface area contributed by atoms with E-state index in [-0.39, 0.29) is 12.1 Å². The first kappa shape index (κ1) is 32.3. The topological polar surface area (TPSA) is 24.1 Å². The Labute approximate surface area is 318 Å². The molecule has 0 fully saturated rings. The third-order valence-corrected chi connectivity index (χ3v) is 10.4. The molecule has 2 aliphatic rings. The third kappa shape index (κ3) is 5.60. The molecule has 0 radical (unpaired) electrons. The summed E-state index contributed by atoms with van der Waals surface area (Å²) >= 11 is 6.00. The average molecular weight is 831 g/mol. The monoisotopic (exact) mass is 828 g/mol. The van der Waals surface area contributed by atoms with Gasteiger partial charge in [-0.25, -0.2) is 0 Å². The summed E-state index contributed by atoms with van der Waals surface area (Å²) in [6.45, 7) is 0. The molecule has 0 unspecified atom stereocenters. The minimum absolute atomic E-state index is 0.0392. The van der Waals surface area contributed by atoms with E-state index < -0.39 is 0 Å². The first-order chi connectivity index (χ1) is 25.2. The molecule has 2 nitrogen and oxygen atoms in total. The molecule has 0 aromatic heterocycles. The van der Waals surface area contributed by atoms with E-state index in [9.17, 15) is 0 Å². The quantitative estimate of drug-likeness (QED) is 0.169. The number of anilines is 2. The maximum absolute atomic E-state index is 4.10. The summed E-state index contributed by atoms with van der Waals surface area (Å²) in [5.41, 5.74) is 15.1. The molecule has 8 aromatic rings. The molecule has 51 heavy (non-hydrogen) atoms. The molecular formula is C46H32Br2N2Ni+2. The zero-order chi connectivity index (χ0) is 34.3. The van der Waals surface area contributed by atoms with Crippen molar-refractivity contribution in [2.75, 3.05) is 10.6 Å². The Balaban J connectivity index is 0.00000112. The van der Waals surface area contributed by atoms with Crippen molar-refractivity contribution in [2.45, 2.75) is 12.1 Å². The van der Waals surface area contributed by atoms with Crippen LogP contribution in [0.5, 0.6) is 0 Å². The smallest absolute Gasteiger partial charge is 0.0779 e. The van der Waals surface area contributed by atoms with Crippen molar-refractivity contribution < 1.29 is 10.9 Å². The van der Waals surface area contributed by atoms with Gasteiger partial charge >= 0.3 is 39.3 Å². The van der Waals surface area contributed by atoms with Crippen molar-refractivity contribution in [1.82, 2.24) is 0 Å². The van der Waals surface area contributed by atoms with Crippen LogP contribution in [0.1, 0.15) is 34.3 Å². The molecule has 10 rings (SSSR count). The van der Waals surface area contributed by atoms with Gasteiger partial charge in [-0.1, -0.05) is 158 Å². The van der Waals surface area contributed by atoms with Gasteiger partial charge in [-0.2, -0.15) is 0 Å². The first-order valence-electron chi connectivity index (χ1n) is 17.0. The van der Waals surface area contributed by atoms with E-state index in [0.717, 1.165) is 11.4 Å². The molecule has 0 spiro atoms. The van der Waals surface area contributed by atoms with Gasteiger partial charge in [0.15, 0.2) is 0 Å². The van der Waals surface area contributed by atoms with Crippen molar-refractivity contribution in [3.63, 3.8) is 0 Å². The fourth-order valence-corrected chi connectivity index (χ4v) is 8.26. The molecule has 0 saturated carbocycles. The average Bonchev–Trinajstić information content (AvgIpc) is 3.67. The van der Waals surface area contributed by atoms with Crippen molar-refractivity contribution in [3.8, 4) is 33.4 Å². The van der Waals surface area contributed by atoms with Gasteiger partial charge in [0.05, 0.1) is 12.1 Å². The second-order valence-electron chi connectivity index (χ2n) is 13.0. The predicted octanol–water partition coefficient (Wildman–Crippen LogP) is 13.7. The normalized spacial score (nSPS) is 12.9. The summed E-state index contributed by atoms with van der Waals surface area (Å²) < 4.78 is 0. The van der Waals surface area contributed by atoms with Gasteiger partial charge in [-0.15, -0.1) is 0 Å². The largest absolute Gasteiger partial charge is 0.374 e. The van der Waals surface area contributed by atoms with Crippen molar-refractivity contribution in [1.29, 1.82) is 0 Å². The van der Waals surface area contributed by atoms with Crippen LogP contribution in [0.3, 0.4) is 0 Å². The Morgan fingerprint density at radius 1 is 0.353 bits per heavy atom. The molecule has 8 aromatic carbocycles. The Morgan fingerprint density at radius 2 is 0.647 bits per heavy atom. The SMILES string of the molecule is [Br][Ni+2][Br].c1ccc2c(c1)-c1ccccc1C2Nc1ccc2ccccc2c1-c1c(NC2c3ccccc3-c3ccccc32)ccc2ccccc12. The van der Waals surface area contributed by atoms with Gasteiger partial charge in [0.1, 0.15) is 0 Å². The maximum Gasteiger partial charge on any atom is 0.0779 e. The molecule has 0 atom stereocenters. The first-order valence-corrected chi connectivity index (χ1v) is 21.9. The van der Waals surface area contributed by atoms with E-state index in [1.807, 2.05) is 0 Å². The van der Waals surface area contributed by atoms with Crippen LogP contribution in [-0.4, -0.2) is 0 Å². The van der Waals surface area contributed by atoms with E-state index in [0.29, 0.717) is 0 Å². The number of halogens is 2. The van der Waals surface area contributed by atoms with Gasteiger partial charge in [0.25, 0.3) is 0 Å². The molecular weight excluding hydrogens is 799 g/mol. The summed E-state index contributed by atoms with van der Waals surface area (Å²) in [5, 5.41) is 13.1. The van der Waals surface area contributed by atoms with Crippen LogP contribution in [0.4, 0.5) is 11.4 Å². The fraction of sp³-hybridized carbons (Fsp3) is 0.0435. The van der Waals surface area contributed by atoms with Gasteiger partial charge in [0, 0.05) is 22.5 Å². The summed E-state index contributed by atoms with van der Waals surface area (Å²) in [4.78, 5) is 0. The Hall–Kier alpha value is -4.67. The summed E-state index contributed by atoms with van der Waals surface area (Å²) in [6.07, 6.45) is 0. The minimum Gasteiger partial charge on any atom is -0.374 e. The van der Waals surface area contributed by atoms with Gasteiger partial charge in [-0.3, -0.25) is 0 Å². The van der Waals surface area contributed by atoms with E-state index >= 15 is 0 Å². The molecule has 5 heteroatoms. The molecule has 248 valence electrons. The van der Waals surface area contributed by atoms with Crippen molar-refractivity contribution in [2.24, 2.45) is 0 Å². The van der Waals surface area contributed by atoms with E-state index in [1.165, 1.54) is 88.1 Å². The van der Waals surface area contributed by atoms with Crippen molar-refractivity contribution in [3.05, 3.63) is 192 Å². The molecule has 0 heterocycles. The Bertz CT molecular complexity index is 2310. The van der Waals surface area contributed by atoms with E-state index in [1.54, 1.807) is 0 Å². The number of benzene rings is 8. The Kier molecular flexibility index (Phi) is 8.73. The Morgan fingerprint density at radius 3 is 1.00 bits per heavy atom. The standard InChI is InChI=1S/C46H32N2.2BrH.Ni/c1-3-15-31-29(13-1)25-27-41(47-45-37-21-9-5-17-33(37)34-18-6-10-22-38(34)45)43(31)44-32-16-4-2-14-30(32)26-28-42(44)48-46-39-23-11-7-19-35(39)36-20-8-12-24-40(36)46;;;/h1-28,45-48H;2*1H;/q;;;+4/p-2. The van der Waals surface area contributed by atoms with Crippen LogP contribution < -0.4 is 10.6 Å². The van der Waals surface area contributed by atoms with Crippen LogP contribution in [0.2, 0.25) is 0 Å². The number of nitrogens with one attached hydrogen (secondary N) is 2. The molecule has 0 saturated heterocycles. The number of hydrogen-bond acceptors (Lipinski definition) is 2. The van der Waals surface area contributed by atoms with Crippen LogP contribution in [-0.2, 0) is 10.9 Å². The molecule has 0 aliphatic heterocycles. The molecule has 2 N–H and O–H groups in total. The van der Waals surface area contributed by atoms with Crippen LogP contribution in [0, 0.1) is 0 Å². The number of hydrogen-bond donors (Lipinski definition) is 2. The third-order valence-electron chi connectivity index (χ3n) is 10.4. The van der Waals surface area contributed by atoms with Crippen LogP contribution in [0.25, 0.3) is 54.9 Å². The fourth-order valence-electron chi connectivity index (χ4n) is 8.26. The second-order valence-corrected chi connectivity index (χ2v) is 18.0. The number of fused-ring (bicyclic) bond motifs is 8. The summed E-state index contributed by atoms with van der Waals surface area (Å²) in [5.74, 6) is 0. The molecule has 0 amide bonds. The minimum atomic E-state index is 0.0392. The van der Waals surface area contributed by atoms with E-state index in [4.69, 9.17) is 0 Å². The van der Waals surface area contributed by atoms with Crippen molar-refractivity contribution >= 4 is 61.4 Å². The zero-order valence-corrected chi connectivity index (χ0v) is 31.6. The summed E-state index contributed by atoms with van der Waals surface area (Å²) in [6, 6.07) is 62.1. The molecule has 2 aliphatic carbocycles. The number of rotatable bonds is 5. The molecule has 0 bridgehead atoms. The zero-order valence-electron chi connectivity index (χ0n) is 27.4. The van der Waals surface area contributed by atoms with Crippen LogP contribution in [0.15, 0.2) is 170 Å². The summed E-state index contributed by atoms with van der Waals surface area (Å²) in [7, 11) is 1.25. The van der Waals surface area contributed by atoms with E-state index in [2.05, 4.69) is 209 Å². The van der Waals surface area contributed by atoms with Gasteiger partial charge < -0.3 is 10.6 Å². The maximum atomic E-state index is 4.10. The van der Waals surface area contributed by atoms with Gasteiger partial charge in [-0.05, 0) is 78.2 Å². The van der Waals surface area contributed by atoms with Crippen LogP contribution >= 0.6 is 28.5 Å².